The van der Waals surface area contributed by atoms with Crippen LogP contribution in [0, 0.1) is 0 Å². The molecule has 3 heterocycles. The maximum Gasteiger partial charge on any atom is 0.264 e. The highest BCUT2D eigenvalue weighted by Gasteiger charge is 2.16. The van der Waals surface area contributed by atoms with Crippen LogP contribution >= 0.6 is 0 Å². The lowest BCUT2D eigenvalue weighted by Gasteiger charge is -2.11. The molecule has 0 saturated carbocycles. The zero-order chi connectivity index (χ0) is 18.6. The summed E-state index contributed by atoms with van der Waals surface area (Å²) in [7, 11) is 0. The quantitative estimate of drug-likeness (QED) is 0.708. The van der Waals surface area contributed by atoms with Crippen molar-refractivity contribution in [3.63, 3.8) is 0 Å². The molecule has 1 atom stereocenters. The highest BCUT2D eigenvalue weighted by Crippen LogP contribution is 2.13. The Balaban J connectivity index is 1.44. The van der Waals surface area contributed by atoms with Crippen molar-refractivity contribution in [3.8, 4) is 5.69 Å². The van der Waals surface area contributed by atoms with Crippen LogP contribution in [-0.4, -0.2) is 44.5 Å². The van der Waals surface area contributed by atoms with E-state index in [1.165, 1.54) is 17.1 Å². The Bertz CT molecular complexity index is 989. The standard InChI is InChI=1S/C19H21N5O3/c25-17(20-11-15-7-4-10-27-15)8-9-23-13-21-18-16(19(23)26)12-22-24(18)14-5-2-1-3-6-14/h1-3,5-6,12-13,15H,4,7-11H2,(H,20,25)/t15-/m1/s1. The number of ether oxygens (including phenoxy) is 1. The average molecular weight is 367 g/mol. The van der Waals surface area contributed by atoms with Crippen molar-refractivity contribution in [2.75, 3.05) is 13.2 Å². The number of carbonyl (C=O) groups is 1. The molecule has 1 aliphatic rings. The van der Waals surface area contributed by atoms with Crippen LogP contribution in [-0.2, 0) is 16.1 Å². The van der Waals surface area contributed by atoms with Crippen LogP contribution in [0.15, 0.2) is 47.7 Å². The first-order valence-corrected chi connectivity index (χ1v) is 9.09. The van der Waals surface area contributed by atoms with E-state index < -0.39 is 0 Å². The molecule has 1 N–H and O–H groups in total. The number of nitrogens with one attached hydrogen (secondary N) is 1. The Kier molecular flexibility index (Phi) is 4.97. The van der Waals surface area contributed by atoms with E-state index in [-0.39, 0.29) is 30.5 Å². The van der Waals surface area contributed by atoms with Gasteiger partial charge in [-0.3, -0.25) is 14.2 Å². The molecule has 3 aromatic rings. The fourth-order valence-corrected chi connectivity index (χ4v) is 3.21. The normalized spacial score (nSPS) is 16.7. The van der Waals surface area contributed by atoms with Crippen molar-refractivity contribution in [2.45, 2.75) is 31.9 Å². The monoisotopic (exact) mass is 367 g/mol. The summed E-state index contributed by atoms with van der Waals surface area (Å²) in [5.41, 5.74) is 1.14. The van der Waals surface area contributed by atoms with E-state index in [2.05, 4.69) is 15.4 Å². The third-order valence-corrected chi connectivity index (χ3v) is 4.69. The number of aromatic nitrogens is 4. The second kappa shape index (κ2) is 7.71. The first kappa shape index (κ1) is 17.4. The van der Waals surface area contributed by atoms with Gasteiger partial charge in [0.05, 0.1) is 24.3 Å². The number of amides is 1. The van der Waals surface area contributed by atoms with E-state index in [0.717, 1.165) is 25.1 Å². The molecule has 8 nitrogen and oxygen atoms in total. The van der Waals surface area contributed by atoms with Gasteiger partial charge in [-0.05, 0) is 25.0 Å². The minimum atomic E-state index is -0.200. The molecular formula is C19H21N5O3. The molecule has 0 bridgehead atoms. The zero-order valence-corrected chi connectivity index (χ0v) is 14.9. The predicted molar refractivity (Wildman–Crippen MR) is 99.7 cm³/mol. The van der Waals surface area contributed by atoms with Crippen molar-refractivity contribution in [3.05, 3.63) is 53.2 Å². The number of fused-ring (bicyclic) bond motifs is 1. The molecule has 1 amide bonds. The number of nitrogens with zero attached hydrogens (tertiary/aromatic N) is 4. The van der Waals surface area contributed by atoms with E-state index in [4.69, 9.17) is 4.74 Å². The van der Waals surface area contributed by atoms with Crippen LogP contribution in [0.25, 0.3) is 16.7 Å². The Morgan fingerprint density at radius 1 is 1.30 bits per heavy atom. The smallest absolute Gasteiger partial charge is 0.264 e. The van der Waals surface area contributed by atoms with Gasteiger partial charge in [0.25, 0.3) is 5.56 Å². The van der Waals surface area contributed by atoms with E-state index in [1.54, 1.807) is 4.68 Å². The molecule has 4 rings (SSSR count). The number of hydrogen-bond donors (Lipinski definition) is 1. The van der Waals surface area contributed by atoms with Gasteiger partial charge in [0, 0.05) is 26.1 Å². The third kappa shape index (κ3) is 3.75. The van der Waals surface area contributed by atoms with Gasteiger partial charge in [0.15, 0.2) is 5.65 Å². The number of hydrogen-bond acceptors (Lipinski definition) is 5. The van der Waals surface area contributed by atoms with Crippen LogP contribution in [0.5, 0.6) is 0 Å². The third-order valence-electron chi connectivity index (χ3n) is 4.69. The van der Waals surface area contributed by atoms with E-state index in [0.29, 0.717) is 17.6 Å². The van der Waals surface area contributed by atoms with Crippen molar-refractivity contribution in [1.29, 1.82) is 0 Å². The number of rotatable bonds is 6. The fraction of sp³-hybridized carbons (Fsp3) is 0.368. The molecule has 1 fully saturated rings. The first-order valence-electron chi connectivity index (χ1n) is 9.09. The Labute approximate surface area is 155 Å². The summed E-state index contributed by atoms with van der Waals surface area (Å²) in [4.78, 5) is 29.1. The Morgan fingerprint density at radius 2 is 2.15 bits per heavy atom. The highest BCUT2D eigenvalue weighted by molar-refractivity contribution is 5.76. The van der Waals surface area contributed by atoms with Gasteiger partial charge < -0.3 is 10.1 Å². The van der Waals surface area contributed by atoms with Gasteiger partial charge in [0.2, 0.25) is 5.91 Å². The topological polar surface area (TPSA) is 91.0 Å². The molecule has 1 aliphatic heterocycles. The molecule has 140 valence electrons. The number of aryl methyl sites for hydroxylation is 1. The number of para-hydroxylation sites is 1. The summed E-state index contributed by atoms with van der Waals surface area (Å²) in [5.74, 6) is -0.0996. The first-order chi connectivity index (χ1) is 13.2. The molecule has 0 aliphatic carbocycles. The molecule has 0 radical (unpaired) electrons. The Hall–Kier alpha value is -3.00. The maximum absolute atomic E-state index is 12.7. The molecule has 2 aromatic heterocycles. The number of carbonyl (C=O) groups excluding carboxylic acids is 1. The molecule has 1 aromatic carbocycles. The van der Waals surface area contributed by atoms with Crippen LogP contribution < -0.4 is 10.9 Å². The van der Waals surface area contributed by atoms with Gasteiger partial charge in [-0.2, -0.15) is 5.10 Å². The van der Waals surface area contributed by atoms with Crippen molar-refractivity contribution in [1.82, 2.24) is 24.6 Å². The van der Waals surface area contributed by atoms with Crippen LogP contribution in [0.3, 0.4) is 0 Å². The Morgan fingerprint density at radius 3 is 2.93 bits per heavy atom. The summed E-state index contributed by atoms with van der Waals surface area (Å²) in [6, 6.07) is 9.52. The lowest BCUT2D eigenvalue weighted by Crippen LogP contribution is -2.33. The molecule has 0 unspecified atom stereocenters. The minimum absolute atomic E-state index is 0.0996. The average Bonchev–Trinajstić information content (AvgIpc) is 3.36. The zero-order valence-electron chi connectivity index (χ0n) is 14.9. The van der Waals surface area contributed by atoms with E-state index >= 15 is 0 Å². The largest absolute Gasteiger partial charge is 0.376 e. The summed E-state index contributed by atoms with van der Waals surface area (Å²) < 4.78 is 8.57. The summed E-state index contributed by atoms with van der Waals surface area (Å²) in [5, 5.41) is 7.58. The van der Waals surface area contributed by atoms with Gasteiger partial charge in [-0.1, -0.05) is 18.2 Å². The van der Waals surface area contributed by atoms with E-state index in [1.807, 2.05) is 30.3 Å². The predicted octanol–water partition coefficient (Wildman–Crippen LogP) is 1.27. The van der Waals surface area contributed by atoms with Crippen LogP contribution in [0.2, 0.25) is 0 Å². The molecule has 1 saturated heterocycles. The van der Waals surface area contributed by atoms with Gasteiger partial charge in [-0.15, -0.1) is 0 Å². The maximum atomic E-state index is 12.7. The van der Waals surface area contributed by atoms with Crippen LogP contribution in [0.4, 0.5) is 0 Å². The van der Waals surface area contributed by atoms with Gasteiger partial charge in [-0.25, -0.2) is 9.67 Å². The molecule has 27 heavy (non-hydrogen) atoms. The van der Waals surface area contributed by atoms with Gasteiger partial charge in [0.1, 0.15) is 5.39 Å². The lowest BCUT2D eigenvalue weighted by atomic mass is 10.2. The second-order valence-electron chi connectivity index (χ2n) is 6.56. The van der Waals surface area contributed by atoms with Gasteiger partial charge >= 0.3 is 0 Å². The van der Waals surface area contributed by atoms with Crippen LogP contribution in [0.1, 0.15) is 19.3 Å². The summed E-state index contributed by atoms with van der Waals surface area (Å²) >= 11 is 0. The fourth-order valence-electron chi connectivity index (χ4n) is 3.21. The molecule has 8 heteroatoms. The van der Waals surface area contributed by atoms with Crippen molar-refractivity contribution in [2.24, 2.45) is 0 Å². The summed E-state index contributed by atoms with van der Waals surface area (Å²) in [6.07, 6.45) is 5.33. The van der Waals surface area contributed by atoms with Crippen molar-refractivity contribution >= 4 is 16.9 Å². The number of benzene rings is 1. The highest BCUT2D eigenvalue weighted by atomic mass is 16.5. The van der Waals surface area contributed by atoms with E-state index in [9.17, 15) is 9.59 Å². The lowest BCUT2D eigenvalue weighted by molar-refractivity contribution is -0.121. The molecule has 0 spiro atoms. The van der Waals surface area contributed by atoms with Crippen molar-refractivity contribution < 1.29 is 9.53 Å². The molecular weight excluding hydrogens is 346 g/mol. The SMILES string of the molecule is O=C(CCn1cnc2c(cnn2-c2ccccc2)c1=O)NC[C@H]1CCCO1. The minimum Gasteiger partial charge on any atom is -0.376 e. The summed E-state index contributed by atoms with van der Waals surface area (Å²) in [6.45, 7) is 1.56. The second-order valence-corrected chi connectivity index (χ2v) is 6.56.